The molecule has 2 bridgehead atoms. The average Bonchev–Trinajstić information content (AvgIpc) is 3.14. The maximum absolute atomic E-state index is 12.9. The second-order valence-electron chi connectivity index (χ2n) is 6.44. The van der Waals surface area contributed by atoms with E-state index in [4.69, 9.17) is 4.74 Å². The third-order valence-electron chi connectivity index (χ3n) is 5.39. The number of amides is 2. The van der Waals surface area contributed by atoms with Crippen molar-refractivity contribution in [2.45, 2.75) is 23.0 Å². The van der Waals surface area contributed by atoms with Crippen molar-refractivity contribution in [2.75, 3.05) is 11.5 Å². The van der Waals surface area contributed by atoms with Crippen LogP contribution in [0.5, 0.6) is 5.75 Å². The summed E-state index contributed by atoms with van der Waals surface area (Å²) in [6.45, 7) is 2.51. The highest BCUT2D eigenvalue weighted by molar-refractivity contribution is 9.12. The molecule has 122 valence electrons. The Bertz CT molecular complexity index is 630. The van der Waals surface area contributed by atoms with Gasteiger partial charge in [-0.1, -0.05) is 31.9 Å². The fraction of sp³-hybridized carbons (Fsp3) is 0.529. The molecule has 6 atom stereocenters. The molecular weight excluding hydrogens is 426 g/mol. The van der Waals surface area contributed by atoms with Gasteiger partial charge in [-0.2, -0.15) is 0 Å². The van der Waals surface area contributed by atoms with Gasteiger partial charge in [0, 0.05) is 9.65 Å². The number of hydrogen-bond acceptors (Lipinski definition) is 3. The molecule has 3 aliphatic rings. The Morgan fingerprint density at radius 3 is 2.04 bits per heavy atom. The van der Waals surface area contributed by atoms with Crippen molar-refractivity contribution >= 4 is 49.4 Å². The Labute approximate surface area is 151 Å². The molecule has 1 aromatic rings. The Kier molecular flexibility index (Phi) is 3.80. The van der Waals surface area contributed by atoms with Gasteiger partial charge >= 0.3 is 0 Å². The van der Waals surface area contributed by atoms with E-state index in [1.807, 2.05) is 19.1 Å². The van der Waals surface area contributed by atoms with E-state index in [2.05, 4.69) is 31.9 Å². The number of rotatable bonds is 3. The summed E-state index contributed by atoms with van der Waals surface area (Å²) in [5.41, 5.74) is 0.648. The third-order valence-corrected chi connectivity index (χ3v) is 8.60. The Morgan fingerprint density at radius 1 is 1.04 bits per heavy atom. The van der Waals surface area contributed by atoms with E-state index in [1.165, 1.54) is 4.90 Å². The molecule has 2 saturated carbocycles. The number of carbonyl (C=O) groups is 2. The molecule has 0 aromatic heterocycles. The molecule has 1 aliphatic heterocycles. The van der Waals surface area contributed by atoms with Gasteiger partial charge in [0.25, 0.3) is 0 Å². The standard InChI is InChI=1S/C17H17Br2NO3/c1-2-23-9-5-3-8(4-6-9)20-16(21)12-10-7-11(13(12)17(20)22)15(19)14(10)18/h3-6,10-15H,2,7H2,1H3/t10-,11+,12-,13-,14-,15+/m0/s1. The summed E-state index contributed by atoms with van der Waals surface area (Å²) in [5.74, 6) is 0.823. The van der Waals surface area contributed by atoms with Gasteiger partial charge in [-0.3, -0.25) is 14.5 Å². The van der Waals surface area contributed by atoms with Crippen molar-refractivity contribution in [3.63, 3.8) is 0 Å². The smallest absolute Gasteiger partial charge is 0.238 e. The van der Waals surface area contributed by atoms with Crippen molar-refractivity contribution in [1.82, 2.24) is 0 Å². The van der Waals surface area contributed by atoms with Crippen LogP contribution in [0.3, 0.4) is 0 Å². The molecule has 6 heteroatoms. The van der Waals surface area contributed by atoms with Gasteiger partial charge in [0.1, 0.15) is 5.75 Å². The van der Waals surface area contributed by atoms with Crippen LogP contribution in [0, 0.1) is 23.7 Å². The first-order chi connectivity index (χ1) is 11.0. The molecule has 4 nitrogen and oxygen atoms in total. The van der Waals surface area contributed by atoms with Crippen LogP contribution < -0.4 is 9.64 Å². The zero-order chi connectivity index (χ0) is 16.3. The number of alkyl halides is 2. The lowest BCUT2D eigenvalue weighted by molar-refractivity contribution is -0.123. The van der Waals surface area contributed by atoms with E-state index in [0.29, 0.717) is 12.3 Å². The summed E-state index contributed by atoms with van der Waals surface area (Å²) in [4.78, 5) is 27.7. The SMILES string of the molecule is CCOc1ccc(N2C(=O)[C@H]3[C@@H]4C[C@@H]([C@@H](Br)[C@H]4Br)[C@@H]3C2=O)cc1. The van der Waals surface area contributed by atoms with Crippen molar-refractivity contribution in [3.8, 4) is 5.75 Å². The van der Waals surface area contributed by atoms with Crippen LogP contribution in [0.15, 0.2) is 24.3 Å². The number of nitrogens with zero attached hydrogens (tertiary/aromatic N) is 1. The van der Waals surface area contributed by atoms with Crippen LogP contribution >= 0.6 is 31.9 Å². The molecule has 0 radical (unpaired) electrons. The highest BCUT2D eigenvalue weighted by Crippen LogP contribution is 2.60. The van der Waals surface area contributed by atoms with E-state index in [-0.39, 0.29) is 45.1 Å². The summed E-state index contributed by atoms with van der Waals surface area (Å²) in [5, 5.41) is 0. The minimum Gasteiger partial charge on any atom is -0.494 e. The summed E-state index contributed by atoms with van der Waals surface area (Å²) < 4.78 is 5.42. The number of fused-ring (bicyclic) bond motifs is 5. The van der Waals surface area contributed by atoms with E-state index in [1.54, 1.807) is 12.1 Å². The van der Waals surface area contributed by atoms with Gasteiger partial charge in [0.05, 0.1) is 24.1 Å². The van der Waals surface area contributed by atoms with Gasteiger partial charge in [-0.15, -0.1) is 0 Å². The maximum Gasteiger partial charge on any atom is 0.238 e. The van der Waals surface area contributed by atoms with Crippen LogP contribution in [-0.2, 0) is 9.59 Å². The van der Waals surface area contributed by atoms with Crippen molar-refractivity contribution < 1.29 is 14.3 Å². The van der Waals surface area contributed by atoms with Crippen molar-refractivity contribution in [1.29, 1.82) is 0 Å². The normalized spacial score (nSPS) is 38.3. The van der Waals surface area contributed by atoms with Gasteiger partial charge in [0.2, 0.25) is 11.8 Å². The molecule has 23 heavy (non-hydrogen) atoms. The first-order valence-corrected chi connectivity index (χ1v) is 9.76. The largest absolute Gasteiger partial charge is 0.494 e. The highest BCUT2D eigenvalue weighted by atomic mass is 79.9. The lowest BCUT2D eigenvalue weighted by Crippen LogP contribution is -2.37. The van der Waals surface area contributed by atoms with Gasteiger partial charge < -0.3 is 4.74 Å². The second kappa shape index (κ2) is 5.59. The van der Waals surface area contributed by atoms with Crippen molar-refractivity contribution in [3.05, 3.63) is 24.3 Å². The Balaban J connectivity index is 1.64. The number of ether oxygens (including phenoxy) is 1. The lowest BCUT2D eigenvalue weighted by Gasteiger charge is -2.28. The van der Waals surface area contributed by atoms with Gasteiger partial charge in [0.15, 0.2) is 0 Å². The number of halogens is 2. The number of hydrogen-bond donors (Lipinski definition) is 0. The lowest BCUT2D eigenvalue weighted by atomic mass is 9.81. The monoisotopic (exact) mass is 441 g/mol. The molecule has 3 fully saturated rings. The van der Waals surface area contributed by atoms with E-state index >= 15 is 0 Å². The zero-order valence-corrected chi connectivity index (χ0v) is 15.8. The quantitative estimate of drug-likeness (QED) is 0.532. The molecule has 2 amide bonds. The van der Waals surface area contributed by atoms with E-state index in [0.717, 1.165) is 12.2 Å². The van der Waals surface area contributed by atoms with Crippen molar-refractivity contribution in [2.24, 2.45) is 23.7 Å². The number of benzene rings is 1. The Hall–Kier alpha value is -0.880. The maximum atomic E-state index is 12.9. The molecule has 0 N–H and O–H groups in total. The first kappa shape index (κ1) is 15.6. The Morgan fingerprint density at radius 2 is 1.57 bits per heavy atom. The van der Waals surface area contributed by atoms with Crippen LogP contribution in [-0.4, -0.2) is 28.1 Å². The molecule has 1 heterocycles. The fourth-order valence-electron chi connectivity index (χ4n) is 4.46. The molecule has 1 aromatic carbocycles. The van der Waals surface area contributed by atoms with Crippen LogP contribution in [0.25, 0.3) is 0 Å². The van der Waals surface area contributed by atoms with E-state index in [9.17, 15) is 9.59 Å². The molecule has 0 unspecified atom stereocenters. The first-order valence-electron chi connectivity index (χ1n) is 7.93. The minimum absolute atomic E-state index is 0.0412. The van der Waals surface area contributed by atoms with Gasteiger partial charge in [-0.05, 0) is 49.4 Å². The third kappa shape index (κ3) is 2.14. The predicted octanol–water partition coefficient (Wildman–Crippen LogP) is 3.37. The van der Waals surface area contributed by atoms with Crippen LogP contribution in [0.4, 0.5) is 5.69 Å². The highest BCUT2D eigenvalue weighted by Gasteiger charge is 2.66. The topological polar surface area (TPSA) is 46.6 Å². The second-order valence-corrected chi connectivity index (χ2v) is 8.56. The van der Waals surface area contributed by atoms with Gasteiger partial charge in [-0.25, -0.2) is 0 Å². The molecule has 1 saturated heterocycles. The molecule has 0 spiro atoms. The number of carbonyl (C=O) groups excluding carboxylic acids is 2. The fourth-order valence-corrected chi connectivity index (χ4v) is 6.33. The van der Waals surface area contributed by atoms with Crippen LogP contribution in [0.2, 0.25) is 0 Å². The number of imide groups is 1. The molecular formula is C17H17Br2NO3. The number of anilines is 1. The van der Waals surface area contributed by atoms with Crippen LogP contribution in [0.1, 0.15) is 13.3 Å². The molecule has 4 rings (SSSR count). The van der Waals surface area contributed by atoms with E-state index < -0.39 is 0 Å². The summed E-state index contributed by atoms with van der Waals surface area (Å²) in [7, 11) is 0. The zero-order valence-electron chi connectivity index (χ0n) is 12.6. The summed E-state index contributed by atoms with van der Waals surface area (Å²) in [6, 6.07) is 7.20. The predicted molar refractivity (Wildman–Crippen MR) is 94.1 cm³/mol. The average molecular weight is 443 g/mol. The minimum atomic E-state index is -0.169. The molecule has 2 aliphatic carbocycles. The summed E-state index contributed by atoms with van der Waals surface area (Å²) >= 11 is 7.40. The summed E-state index contributed by atoms with van der Waals surface area (Å²) in [6.07, 6.45) is 0.954.